The van der Waals surface area contributed by atoms with Crippen molar-refractivity contribution in [2.45, 2.75) is 40.5 Å². The Kier molecular flexibility index (Phi) is 5.55. The highest BCUT2D eigenvalue weighted by Crippen LogP contribution is 2.25. The van der Waals surface area contributed by atoms with Crippen molar-refractivity contribution >= 4 is 11.6 Å². The molecule has 3 nitrogen and oxygen atoms in total. The van der Waals surface area contributed by atoms with Crippen LogP contribution < -0.4 is 11.1 Å². The molecule has 1 amide bonds. The highest BCUT2D eigenvalue weighted by Gasteiger charge is 2.23. The van der Waals surface area contributed by atoms with Crippen molar-refractivity contribution in [3.8, 4) is 0 Å². The van der Waals surface area contributed by atoms with Crippen LogP contribution in [-0.4, -0.2) is 12.5 Å². The Balaban J connectivity index is 2.71. The molecule has 0 bridgehead atoms. The van der Waals surface area contributed by atoms with Crippen LogP contribution in [0.2, 0.25) is 0 Å². The molecule has 0 saturated heterocycles. The third kappa shape index (κ3) is 5.43. The number of rotatable bonds is 5. The number of aryl methyl sites for hydroxylation is 1. The van der Waals surface area contributed by atoms with Gasteiger partial charge in [0.15, 0.2) is 0 Å². The van der Waals surface area contributed by atoms with E-state index in [1.165, 1.54) is 5.56 Å². The molecule has 0 radical (unpaired) electrons. The molecule has 1 aromatic carbocycles. The van der Waals surface area contributed by atoms with Gasteiger partial charge < -0.3 is 11.1 Å². The molecule has 0 fully saturated rings. The van der Waals surface area contributed by atoms with Gasteiger partial charge in [0.25, 0.3) is 0 Å². The Bertz CT molecular complexity index is 421. The minimum atomic E-state index is -0.134. The maximum absolute atomic E-state index is 12.2. The molecule has 0 spiro atoms. The molecule has 0 aromatic heterocycles. The number of nitrogens with two attached hydrogens (primary N) is 1. The first kappa shape index (κ1) is 15.7. The second kappa shape index (κ2) is 6.71. The monoisotopic (exact) mass is 262 g/mol. The minimum Gasteiger partial charge on any atom is -0.330 e. The van der Waals surface area contributed by atoms with Gasteiger partial charge in [-0.25, -0.2) is 0 Å². The smallest absolute Gasteiger partial charge is 0.228 e. The minimum absolute atomic E-state index is 0.0191. The molecule has 1 atom stereocenters. The number of benzene rings is 1. The molecule has 3 heteroatoms. The Morgan fingerprint density at radius 3 is 2.58 bits per heavy atom. The van der Waals surface area contributed by atoms with Gasteiger partial charge in [0.1, 0.15) is 0 Å². The Morgan fingerprint density at radius 1 is 1.37 bits per heavy atom. The van der Waals surface area contributed by atoms with Crippen molar-refractivity contribution in [3.63, 3.8) is 0 Å². The maximum atomic E-state index is 12.2. The Labute approximate surface area is 116 Å². The van der Waals surface area contributed by atoms with Crippen molar-refractivity contribution in [1.82, 2.24) is 0 Å². The third-order valence-corrected chi connectivity index (χ3v) is 3.12. The zero-order chi connectivity index (χ0) is 14.5. The second-order valence-electron chi connectivity index (χ2n) is 6.24. The van der Waals surface area contributed by atoms with Gasteiger partial charge in [-0.2, -0.15) is 0 Å². The van der Waals surface area contributed by atoms with Crippen LogP contribution in [0.15, 0.2) is 24.3 Å². The van der Waals surface area contributed by atoms with Crippen LogP contribution in [0.5, 0.6) is 0 Å². The van der Waals surface area contributed by atoms with E-state index in [9.17, 15) is 4.79 Å². The predicted molar refractivity (Wildman–Crippen MR) is 81.1 cm³/mol. The Morgan fingerprint density at radius 2 is 2.05 bits per heavy atom. The summed E-state index contributed by atoms with van der Waals surface area (Å²) in [5.74, 6) is -0.115. The first-order chi connectivity index (χ1) is 8.85. The zero-order valence-corrected chi connectivity index (χ0v) is 12.5. The second-order valence-corrected chi connectivity index (χ2v) is 6.24. The van der Waals surface area contributed by atoms with E-state index < -0.39 is 0 Å². The van der Waals surface area contributed by atoms with Gasteiger partial charge in [0.05, 0.1) is 5.92 Å². The fourth-order valence-electron chi connectivity index (χ4n) is 2.14. The molecule has 1 unspecified atom stereocenters. The van der Waals surface area contributed by atoms with E-state index in [2.05, 4.69) is 39.1 Å². The van der Waals surface area contributed by atoms with Crippen LogP contribution in [0.1, 0.15) is 39.7 Å². The van der Waals surface area contributed by atoms with Crippen molar-refractivity contribution in [1.29, 1.82) is 0 Å². The highest BCUT2D eigenvalue weighted by molar-refractivity contribution is 5.92. The summed E-state index contributed by atoms with van der Waals surface area (Å²) >= 11 is 0. The van der Waals surface area contributed by atoms with Crippen molar-refractivity contribution in [2.75, 3.05) is 11.9 Å². The summed E-state index contributed by atoms with van der Waals surface area (Å²) in [6, 6.07) is 7.96. The van der Waals surface area contributed by atoms with Crippen LogP contribution >= 0.6 is 0 Å². The van der Waals surface area contributed by atoms with Crippen LogP contribution in [0, 0.1) is 11.3 Å². The number of hydrogen-bond donors (Lipinski definition) is 2. The van der Waals surface area contributed by atoms with Gasteiger partial charge >= 0.3 is 0 Å². The van der Waals surface area contributed by atoms with Gasteiger partial charge in [-0.15, -0.1) is 0 Å². The van der Waals surface area contributed by atoms with E-state index >= 15 is 0 Å². The quantitative estimate of drug-likeness (QED) is 0.856. The summed E-state index contributed by atoms with van der Waals surface area (Å²) in [7, 11) is 0. The Hall–Kier alpha value is -1.35. The van der Waals surface area contributed by atoms with Crippen LogP contribution in [-0.2, 0) is 11.2 Å². The first-order valence-corrected chi connectivity index (χ1v) is 6.95. The molecule has 19 heavy (non-hydrogen) atoms. The molecule has 0 aliphatic heterocycles. The zero-order valence-electron chi connectivity index (χ0n) is 12.5. The molecule has 1 rings (SSSR count). The molecule has 3 N–H and O–H groups in total. The van der Waals surface area contributed by atoms with Crippen LogP contribution in [0.25, 0.3) is 0 Å². The molecule has 0 aliphatic carbocycles. The molecule has 0 saturated carbocycles. The average molecular weight is 262 g/mol. The lowest BCUT2D eigenvalue weighted by Crippen LogP contribution is -2.32. The van der Waals surface area contributed by atoms with E-state index in [1.54, 1.807) is 0 Å². The fourth-order valence-corrected chi connectivity index (χ4v) is 2.14. The van der Waals surface area contributed by atoms with E-state index in [0.717, 1.165) is 18.5 Å². The largest absolute Gasteiger partial charge is 0.330 e. The van der Waals surface area contributed by atoms with E-state index in [0.29, 0.717) is 6.54 Å². The van der Waals surface area contributed by atoms with E-state index in [1.807, 2.05) is 18.2 Å². The topological polar surface area (TPSA) is 55.1 Å². The summed E-state index contributed by atoms with van der Waals surface area (Å²) in [4.78, 5) is 12.2. The normalized spacial score (nSPS) is 13.1. The standard InChI is InChI=1S/C16H26N2O/c1-5-12-7-6-8-14(9-12)18-15(19)13(11-17)10-16(2,3)4/h6-9,13H,5,10-11,17H2,1-4H3,(H,18,19). The molecule has 106 valence electrons. The third-order valence-electron chi connectivity index (χ3n) is 3.12. The summed E-state index contributed by atoms with van der Waals surface area (Å²) in [5.41, 5.74) is 7.91. The maximum Gasteiger partial charge on any atom is 0.228 e. The molecular formula is C16H26N2O. The SMILES string of the molecule is CCc1cccc(NC(=O)C(CN)CC(C)(C)C)c1. The lowest BCUT2D eigenvalue weighted by molar-refractivity contribution is -0.120. The van der Waals surface area contributed by atoms with Gasteiger partial charge in [0.2, 0.25) is 5.91 Å². The van der Waals surface area contributed by atoms with Crippen molar-refractivity contribution in [3.05, 3.63) is 29.8 Å². The predicted octanol–water partition coefficient (Wildman–Crippen LogP) is 3.20. The fraction of sp³-hybridized carbons (Fsp3) is 0.562. The summed E-state index contributed by atoms with van der Waals surface area (Å²) in [6.45, 7) is 8.86. The number of amides is 1. The average Bonchev–Trinajstić information content (AvgIpc) is 2.35. The van der Waals surface area contributed by atoms with Crippen LogP contribution in [0.4, 0.5) is 5.69 Å². The number of hydrogen-bond acceptors (Lipinski definition) is 2. The molecule has 0 heterocycles. The summed E-state index contributed by atoms with van der Waals surface area (Å²) < 4.78 is 0. The molecule has 1 aromatic rings. The van der Waals surface area contributed by atoms with Crippen molar-refractivity contribution < 1.29 is 4.79 Å². The van der Waals surface area contributed by atoms with E-state index in [-0.39, 0.29) is 17.2 Å². The van der Waals surface area contributed by atoms with Gasteiger partial charge in [-0.3, -0.25) is 4.79 Å². The van der Waals surface area contributed by atoms with Gasteiger partial charge in [-0.05, 0) is 36.0 Å². The van der Waals surface area contributed by atoms with Crippen LogP contribution in [0.3, 0.4) is 0 Å². The van der Waals surface area contributed by atoms with Gasteiger partial charge in [0, 0.05) is 12.2 Å². The lowest BCUT2D eigenvalue weighted by atomic mass is 9.84. The number of anilines is 1. The lowest BCUT2D eigenvalue weighted by Gasteiger charge is -2.24. The van der Waals surface area contributed by atoms with Gasteiger partial charge in [-0.1, -0.05) is 39.8 Å². The highest BCUT2D eigenvalue weighted by atomic mass is 16.1. The number of carbonyl (C=O) groups excluding carboxylic acids is 1. The number of carbonyl (C=O) groups is 1. The molecule has 0 aliphatic rings. The summed E-state index contributed by atoms with van der Waals surface area (Å²) in [5, 5.41) is 2.97. The summed E-state index contributed by atoms with van der Waals surface area (Å²) in [6.07, 6.45) is 1.76. The first-order valence-electron chi connectivity index (χ1n) is 6.95. The van der Waals surface area contributed by atoms with E-state index in [4.69, 9.17) is 5.73 Å². The van der Waals surface area contributed by atoms with Crippen molar-refractivity contribution in [2.24, 2.45) is 17.1 Å². The number of nitrogens with one attached hydrogen (secondary N) is 1. The molecular weight excluding hydrogens is 236 g/mol.